The third-order valence-corrected chi connectivity index (χ3v) is 7.09. The number of hydrogen-bond acceptors (Lipinski definition) is 4. The molecule has 2 aliphatic rings. The molecule has 0 aromatic heterocycles. The van der Waals surface area contributed by atoms with E-state index in [2.05, 4.69) is 11.0 Å². The van der Waals surface area contributed by atoms with Crippen LogP contribution in [0.15, 0.2) is 60.7 Å². The molecule has 1 N–H and O–H groups in total. The van der Waals surface area contributed by atoms with Gasteiger partial charge in [0.2, 0.25) is 0 Å². The summed E-state index contributed by atoms with van der Waals surface area (Å²) in [7, 11) is 0. The molecule has 6 nitrogen and oxygen atoms in total. The zero-order chi connectivity index (χ0) is 25.4. The molecular weight excluding hydrogens is 466 g/mol. The molecule has 0 atom stereocenters. The van der Waals surface area contributed by atoms with Crippen molar-refractivity contribution in [2.24, 2.45) is 0 Å². The van der Waals surface area contributed by atoms with Gasteiger partial charge in [-0.25, -0.2) is 18.4 Å². The molecule has 0 radical (unpaired) electrons. The Labute approximate surface area is 207 Å². The highest BCUT2D eigenvalue weighted by Gasteiger charge is 2.47. The third kappa shape index (κ3) is 4.68. The first-order chi connectivity index (χ1) is 17.2. The SMILES string of the molecule is Cc1cc(CN2CCC3(CC2)CN(c2ccc(C(=O)O)cc2)C(=O)O3)ccc1-c1ccc(F)c(F)c1. The molecule has 1 spiro atoms. The van der Waals surface area contributed by atoms with Crippen LogP contribution in [0.5, 0.6) is 0 Å². The number of piperidine rings is 1. The lowest BCUT2D eigenvalue weighted by molar-refractivity contribution is -0.000982. The molecule has 0 saturated carbocycles. The summed E-state index contributed by atoms with van der Waals surface area (Å²) >= 11 is 0. The largest absolute Gasteiger partial charge is 0.478 e. The molecule has 186 valence electrons. The Morgan fingerprint density at radius 2 is 1.72 bits per heavy atom. The van der Waals surface area contributed by atoms with Crippen molar-refractivity contribution < 1.29 is 28.2 Å². The number of benzene rings is 3. The number of carbonyl (C=O) groups excluding carboxylic acids is 1. The monoisotopic (exact) mass is 492 g/mol. The van der Waals surface area contributed by atoms with Crippen molar-refractivity contribution in [1.82, 2.24) is 4.90 Å². The van der Waals surface area contributed by atoms with Crippen molar-refractivity contribution in [1.29, 1.82) is 0 Å². The molecular formula is C28H26F2N2O4. The Morgan fingerprint density at radius 3 is 2.36 bits per heavy atom. The van der Waals surface area contributed by atoms with E-state index >= 15 is 0 Å². The summed E-state index contributed by atoms with van der Waals surface area (Å²) in [6.45, 7) is 4.67. The second-order valence-corrected chi connectivity index (χ2v) is 9.54. The fourth-order valence-corrected chi connectivity index (χ4v) is 5.05. The highest BCUT2D eigenvalue weighted by atomic mass is 19.2. The topological polar surface area (TPSA) is 70.1 Å². The number of anilines is 1. The van der Waals surface area contributed by atoms with Gasteiger partial charge in [-0.2, -0.15) is 0 Å². The third-order valence-electron chi connectivity index (χ3n) is 7.09. The minimum atomic E-state index is -1.01. The minimum Gasteiger partial charge on any atom is -0.478 e. The van der Waals surface area contributed by atoms with Gasteiger partial charge in [-0.15, -0.1) is 0 Å². The van der Waals surface area contributed by atoms with Crippen LogP contribution in [-0.4, -0.2) is 47.3 Å². The zero-order valence-corrected chi connectivity index (χ0v) is 19.8. The lowest BCUT2D eigenvalue weighted by atomic mass is 9.90. The Kier molecular flexibility index (Phi) is 6.22. The van der Waals surface area contributed by atoms with Gasteiger partial charge in [0.25, 0.3) is 0 Å². The molecule has 2 aliphatic heterocycles. The van der Waals surface area contributed by atoms with Crippen LogP contribution in [0, 0.1) is 18.6 Å². The lowest BCUT2D eigenvalue weighted by Crippen LogP contribution is -2.46. The van der Waals surface area contributed by atoms with Crippen LogP contribution < -0.4 is 4.90 Å². The van der Waals surface area contributed by atoms with Crippen molar-refractivity contribution in [3.63, 3.8) is 0 Å². The van der Waals surface area contributed by atoms with Gasteiger partial charge in [-0.05, 0) is 65.6 Å². The van der Waals surface area contributed by atoms with E-state index in [1.165, 1.54) is 18.2 Å². The standard InChI is InChI=1S/C28H26F2N2O4/c1-18-14-19(2-8-23(18)21-5-9-24(29)25(30)15-21)16-31-12-10-28(11-13-31)17-32(27(35)36-28)22-6-3-20(4-7-22)26(33)34/h2-9,14-15H,10-13,16-17H2,1H3,(H,33,34). The maximum atomic E-state index is 13.7. The van der Waals surface area contributed by atoms with E-state index in [9.17, 15) is 18.4 Å². The average molecular weight is 493 g/mol. The molecule has 0 unspecified atom stereocenters. The molecule has 2 fully saturated rings. The fourth-order valence-electron chi connectivity index (χ4n) is 5.05. The van der Waals surface area contributed by atoms with Crippen LogP contribution in [0.2, 0.25) is 0 Å². The van der Waals surface area contributed by atoms with Crippen LogP contribution in [0.1, 0.15) is 34.3 Å². The normalized spacial score (nSPS) is 17.4. The summed E-state index contributed by atoms with van der Waals surface area (Å²) < 4.78 is 32.8. The van der Waals surface area contributed by atoms with E-state index in [1.54, 1.807) is 23.1 Å². The van der Waals surface area contributed by atoms with Crippen LogP contribution in [0.25, 0.3) is 11.1 Å². The van der Waals surface area contributed by atoms with Gasteiger partial charge >= 0.3 is 12.1 Å². The molecule has 0 aliphatic carbocycles. The molecule has 3 aromatic carbocycles. The van der Waals surface area contributed by atoms with E-state index in [1.807, 2.05) is 19.1 Å². The number of ether oxygens (including phenoxy) is 1. The van der Waals surface area contributed by atoms with E-state index in [0.29, 0.717) is 30.6 Å². The molecule has 3 aromatic rings. The Morgan fingerprint density at radius 1 is 1.00 bits per heavy atom. The number of rotatable bonds is 5. The minimum absolute atomic E-state index is 0.169. The van der Waals surface area contributed by atoms with Crippen LogP contribution in [0.4, 0.5) is 19.3 Å². The summed E-state index contributed by atoms with van der Waals surface area (Å²) in [5.41, 5.74) is 3.86. The second kappa shape index (κ2) is 9.35. The van der Waals surface area contributed by atoms with Crippen molar-refractivity contribution >= 4 is 17.7 Å². The number of carbonyl (C=O) groups is 2. The first-order valence-corrected chi connectivity index (χ1v) is 11.8. The van der Waals surface area contributed by atoms with E-state index in [4.69, 9.17) is 9.84 Å². The summed E-state index contributed by atoms with van der Waals surface area (Å²) in [5.74, 6) is -2.73. The van der Waals surface area contributed by atoms with Crippen molar-refractivity contribution in [2.75, 3.05) is 24.5 Å². The van der Waals surface area contributed by atoms with E-state index in [-0.39, 0.29) is 5.56 Å². The summed E-state index contributed by atoms with van der Waals surface area (Å²) in [5, 5.41) is 9.09. The number of likely N-dealkylation sites (tertiary alicyclic amines) is 1. The van der Waals surface area contributed by atoms with Crippen molar-refractivity contribution in [3.8, 4) is 11.1 Å². The van der Waals surface area contributed by atoms with E-state index < -0.39 is 29.3 Å². The van der Waals surface area contributed by atoms with Gasteiger partial charge in [-0.3, -0.25) is 9.80 Å². The van der Waals surface area contributed by atoms with Gasteiger partial charge in [0.05, 0.1) is 12.1 Å². The predicted molar refractivity (Wildman–Crippen MR) is 131 cm³/mol. The molecule has 0 bridgehead atoms. The first kappa shape index (κ1) is 23.9. The predicted octanol–water partition coefficient (Wildman–Crippen LogP) is 5.63. The van der Waals surface area contributed by atoms with Crippen LogP contribution in [-0.2, 0) is 11.3 Å². The van der Waals surface area contributed by atoms with Gasteiger partial charge < -0.3 is 9.84 Å². The van der Waals surface area contributed by atoms with Gasteiger partial charge in [0.15, 0.2) is 11.6 Å². The molecule has 2 saturated heterocycles. The zero-order valence-electron chi connectivity index (χ0n) is 19.8. The molecule has 5 rings (SSSR count). The Bertz CT molecular complexity index is 1320. The van der Waals surface area contributed by atoms with Gasteiger partial charge in [0.1, 0.15) is 5.60 Å². The fraction of sp³-hybridized carbons (Fsp3) is 0.286. The van der Waals surface area contributed by atoms with Crippen LogP contribution >= 0.6 is 0 Å². The average Bonchev–Trinajstić information content (AvgIpc) is 3.18. The molecule has 36 heavy (non-hydrogen) atoms. The van der Waals surface area contributed by atoms with Crippen molar-refractivity contribution in [3.05, 3.63) is 89.0 Å². The number of carboxylic acid groups (broad SMARTS) is 1. The number of aromatic carboxylic acids is 1. The van der Waals surface area contributed by atoms with Gasteiger partial charge in [0, 0.05) is 38.2 Å². The number of halogens is 2. The van der Waals surface area contributed by atoms with E-state index in [0.717, 1.165) is 42.4 Å². The lowest BCUT2D eigenvalue weighted by Gasteiger charge is -2.37. The van der Waals surface area contributed by atoms with Crippen LogP contribution in [0.3, 0.4) is 0 Å². The number of hydrogen-bond donors (Lipinski definition) is 1. The first-order valence-electron chi connectivity index (χ1n) is 11.8. The number of amides is 1. The molecule has 8 heteroatoms. The Hall–Kier alpha value is -3.78. The Balaban J connectivity index is 1.21. The molecule has 2 heterocycles. The maximum absolute atomic E-state index is 13.7. The number of nitrogens with zero attached hydrogens (tertiary/aromatic N) is 2. The highest BCUT2D eigenvalue weighted by molar-refractivity contribution is 5.92. The second-order valence-electron chi connectivity index (χ2n) is 9.54. The number of aryl methyl sites for hydroxylation is 1. The highest BCUT2D eigenvalue weighted by Crippen LogP contribution is 2.36. The smallest absolute Gasteiger partial charge is 0.415 e. The summed E-state index contributed by atoms with van der Waals surface area (Å²) in [4.78, 5) is 27.6. The maximum Gasteiger partial charge on any atom is 0.415 e. The number of carboxylic acids is 1. The summed E-state index contributed by atoms with van der Waals surface area (Å²) in [6.07, 6.45) is 0.998. The molecule has 1 amide bonds. The van der Waals surface area contributed by atoms with Gasteiger partial charge in [-0.1, -0.05) is 24.3 Å². The summed E-state index contributed by atoms with van der Waals surface area (Å²) in [6, 6.07) is 16.2. The van der Waals surface area contributed by atoms with Crippen molar-refractivity contribution in [2.45, 2.75) is 31.9 Å². The quantitative estimate of drug-likeness (QED) is 0.500.